The Morgan fingerprint density at radius 2 is 1.90 bits per heavy atom. The first kappa shape index (κ1) is 12.4. The molecule has 1 heterocycles. The second kappa shape index (κ2) is 4.81. The molecule has 1 aliphatic rings. The van der Waals surface area contributed by atoms with Gasteiger partial charge >= 0.3 is 5.97 Å². The van der Waals surface area contributed by atoms with Crippen molar-refractivity contribution in [3.8, 4) is 0 Å². The summed E-state index contributed by atoms with van der Waals surface area (Å²) in [6.07, 6.45) is 0.267. The Kier molecular flexibility index (Phi) is 2.99. The number of anilines is 1. The van der Waals surface area contributed by atoms with E-state index in [0.717, 1.165) is 16.8 Å². The lowest BCUT2D eigenvalue weighted by Gasteiger charge is -2.17. The van der Waals surface area contributed by atoms with Gasteiger partial charge in [0.15, 0.2) is 0 Å². The maximum atomic E-state index is 12.1. The van der Waals surface area contributed by atoms with E-state index in [1.54, 1.807) is 17.0 Å². The molecule has 0 spiro atoms. The Labute approximate surface area is 116 Å². The standard InChI is InChI=1S/C16H13NO3/c18-15-9-13-8-12(16(19)20)6-7-14(13)17(15)10-11-4-2-1-3-5-11/h1-8H,9-10H2,(H,19,20). The molecule has 20 heavy (non-hydrogen) atoms. The predicted octanol–water partition coefficient (Wildman–Crippen LogP) is 2.47. The zero-order chi connectivity index (χ0) is 14.1. The van der Waals surface area contributed by atoms with E-state index in [0.29, 0.717) is 6.54 Å². The minimum Gasteiger partial charge on any atom is -0.478 e. The Balaban J connectivity index is 1.92. The molecule has 0 saturated carbocycles. The van der Waals surface area contributed by atoms with E-state index < -0.39 is 5.97 Å². The van der Waals surface area contributed by atoms with Gasteiger partial charge in [-0.1, -0.05) is 30.3 Å². The molecular weight excluding hydrogens is 254 g/mol. The van der Waals surface area contributed by atoms with Crippen molar-refractivity contribution in [1.82, 2.24) is 0 Å². The van der Waals surface area contributed by atoms with Crippen LogP contribution in [0.15, 0.2) is 48.5 Å². The van der Waals surface area contributed by atoms with Crippen LogP contribution in [0.4, 0.5) is 5.69 Å². The van der Waals surface area contributed by atoms with Gasteiger partial charge in [0.25, 0.3) is 0 Å². The first-order valence-corrected chi connectivity index (χ1v) is 6.35. The SMILES string of the molecule is O=C(O)c1ccc2c(c1)CC(=O)N2Cc1ccccc1. The van der Waals surface area contributed by atoms with Crippen LogP contribution < -0.4 is 4.90 Å². The van der Waals surface area contributed by atoms with Crippen LogP contribution in [0.5, 0.6) is 0 Å². The number of carbonyl (C=O) groups excluding carboxylic acids is 1. The normalized spacial score (nSPS) is 13.4. The lowest BCUT2D eigenvalue weighted by Crippen LogP contribution is -2.25. The van der Waals surface area contributed by atoms with Gasteiger partial charge in [-0.25, -0.2) is 4.79 Å². The van der Waals surface area contributed by atoms with Crippen molar-refractivity contribution in [2.75, 3.05) is 4.90 Å². The van der Waals surface area contributed by atoms with Crippen molar-refractivity contribution in [3.63, 3.8) is 0 Å². The fraction of sp³-hybridized carbons (Fsp3) is 0.125. The number of nitrogens with zero attached hydrogens (tertiary/aromatic N) is 1. The van der Waals surface area contributed by atoms with Crippen LogP contribution in [-0.2, 0) is 17.8 Å². The van der Waals surface area contributed by atoms with Gasteiger partial charge in [-0.3, -0.25) is 4.79 Å². The zero-order valence-electron chi connectivity index (χ0n) is 10.7. The summed E-state index contributed by atoms with van der Waals surface area (Å²) in [7, 11) is 0. The number of carboxylic acids is 1. The number of carbonyl (C=O) groups is 2. The highest BCUT2D eigenvalue weighted by Gasteiger charge is 2.27. The number of benzene rings is 2. The molecule has 0 unspecified atom stereocenters. The molecule has 3 rings (SSSR count). The molecule has 0 radical (unpaired) electrons. The van der Waals surface area contributed by atoms with E-state index in [9.17, 15) is 9.59 Å². The van der Waals surface area contributed by atoms with Crippen LogP contribution in [0.1, 0.15) is 21.5 Å². The first-order chi connectivity index (χ1) is 9.65. The van der Waals surface area contributed by atoms with Crippen LogP contribution >= 0.6 is 0 Å². The van der Waals surface area contributed by atoms with Crippen LogP contribution in [-0.4, -0.2) is 17.0 Å². The summed E-state index contributed by atoms with van der Waals surface area (Å²) in [6, 6.07) is 14.6. The molecule has 1 N–H and O–H groups in total. The van der Waals surface area contributed by atoms with Crippen molar-refractivity contribution < 1.29 is 14.7 Å². The minimum absolute atomic E-state index is 0.00592. The second-order valence-electron chi connectivity index (χ2n) is 4.79. The molecule has 0 saturated heterocycles. The van der Waals surface area contributed by atoms with Gasteiger partial charge in [-0.05, 0) is 29.3 Å². The van der Waals surface area contributed by atoms with Gasteiger partial charge in [-0.15, -0.1) is 0 Å². The Hall–Kier alpha value is -2.62. The third-order valence-electron chi connectivity index (χ3n) is 3.44. The summed E-state index contributed by atoms with van der Waals surface area (Å²) in [5.41, 5.74) is 2.86. The summed E-state index contributed by atoms with van der Waals surface area (Å²) < 4.78 is 0. The fourth-order valence-electron chi connectivity index (χ4n) is 2.46. The molecule has 100 valence electrons. The Morgan fingerprint density at radius 3 is 2.60 bits per heavy atom. The van der Waals surface area contributed by atoms with Gasteiger partial charge in [0.1, 0.15) is 0 Å². The first-order valence-electron chi connectivity index (χ1n) is 6.35. The number of carboxylic acid groups (broad SMARTS) is 1. The highest BCUT2D eigenvalue weighted by Crippen LogP contribution is 2.31. The van der Waals surface area contributed by atoms with E-state index in [2.05, 4.69) is 0 Å². The minimum atomic E-state index is -0.971. The lowest BCUT2D eigenvalue weighted by atomic mass is 10.1. The lowest BCUT2D eigenvalue weighted by molar-refractivity contribution is -0.117. The Morgan fingerprint density at radius 1 is 1.15 bits per heavy atom. The number of hydrogen-bond acceptors (Lipinski definition) is 2. The monoisotopic (exact) mass is 267 g/mol. The van der Waals surface area contributed by atoms with E-state index in [-0.39, 0.29) is 17.9 Å². The molecule has 0 atom stereocenters. The van der Waals surface area contributed by atoms with Gasteiger partial charge in [-0.2, -0.15) is 0 Å². The smallest absolute Gasteiger partial charge is 0.335 e. The van der Waals surface area contributed by atoms with Crippen LogP contribution in [0.3, 0.4) is 0 Å². The van der Waals surface area contributed by atoms with Crippen molar-refractivity contribution in [1.29, 1.82) is 0 Å². The quantitative estimate of drug-likeness (QED) is 0.929. The summed E-state index contributed by atoms with van der Waals surface area (Å²) in [4.78, 5) is 24.8. The van der Waals surface area contributed by atoms with Crippen molar-refractivity contribution in [2.45, 2.75) is 13.0 Å². The van der Waals surface area contributed by atoms with Gasteiger partial charge in [0.05, 0.1) is 18.5 Å². The van der Waals surface area contributed by atoms with Gasteiger partial charge in [0, 0.05) is 5.69 Å². The topological polar surface area (TPSA) is 57.6 Å². The van der Waals surface area contributed by atoms with Crippen molar-refractivity contribution >= 4 is 17.6 Å². The fourth-order valence-corrected chi connectivity index (χ4v) is 2.46. The number of aromatic carboxylic acids is 1. The second-order valence-corrected chi connectivity index (χ2v) is 4.79. The van der Waals surface area contributed by atoms with Crippen LogP contribution in [0.2, 0.25) is 0 Å². The average molecular weight is 267 g/mol. The van der Waals surface area contributed by atoms with Crippen LogP contribution in [0.25, 0.3) is 0 Å². The summed E-state index contributed by atoms with van der Waals surface area (Å²) in [5, 5.41) is 8.98. The molecule has 4 nitrogen and oxygen atoms in total. The molecule has 0 fully saturated rings. The predicted molar refractivity (Wildman–Crippen MR) is 74.7 cm³/mol. The highest BCUT2D eigenvalue weighted by molar-refractivity contribution is 6.02. The van der Waals surface area contributed by atoms with Crippen molar-refractivity contribution in [3.05, 3.63) is 65.2 Å². The third-order valence-corrected chi connectivity index (χ3v) is 3.44. The molecule has 1 aliphatic heterocycles. The average Bonchev–Trinajstić information content (AvgIpc) is 2.75. The maximum Gasteiger partial charge on any atom is 0.335 e. The molecule has 0 aliphatic carbocycles. The molecular formula is C16H13NO3. The number of fused-ring (bicyclic) bond motifs is 1. The van der Waals surface area contributed by atoms with Crippen molar-refractivity contribution in [2.24, 2.45) is 0 Å². The van der Waals surface area contributed by atoms with Crippen LogP contribution in [0, 0.1) is 0 Å². The molecule has 4 heteroatoms. The number of hydrogen-bond donors (Lipinski definition) is 1. The van der Waals surface area contributed by atoms with E-state index in [4.69, 9.17) is 5.11 Å². The van der Waals surface area contributed by atoms with E-state index in [1.165, 1.54) is 6.07 Å². The molecule has 0 bridgehead atoms. The number of amides is 1. The number of rotatable bonds is 3. The summed E-state index contributed by atoms with van der Waals surface area (Å²) in [5.74, 6) is -0.965. The van der Waals surface area contributed by atoms with Gasteiger partial charge in [0.2, 0.25) is 5.91 Å². The van der Waals surface area contributed by atoms with E-state index >= 15 is 0 Å². The largest absolute Gasteiger partial charge is 0.478 e. The summed E-state index contributed by atoms with van der Waals surface area (Å²) in [6.45, 7) is 0.513. The molecule has 0 aromatic heterocycles. The third kappa shape index (κ3) is 2.16. The molecule has 2 aromatic rings. The summed E-state index contributed by atoms with van der Waals surface area (Å²) >= 11 is 0. The molecule has 2 aromatic carbocycles. The van der Waals surface area contributed by atoms with Gasteiger partial charge < -0.3 is 10.0 Å². The zero-order valence-corrected chi connectivity index (χ0v) is 10.7. The maximum absolute atomic E-state index is 12.1. The van der Waals surface area contributed by atoms with E-state index in [1.807, 2.05) is 30.3 Å². The highest BCUT2D eigenvalue weighted by atomic mass is 16.4. The molecule has 1 amide bonds. The Bertz CT molecular complexity index is 679.